The van der Waals surface area contributed by atoms with Crippen molar-refractivity contribution < 1.29 is 4.74 Å². The van der Waals surface area contributed by atoms with E-state index in [0.717, 1.165) is 6.54 Å². The number of hydrogen-bond donors (Lipinski definition) is 0. The Labute approximate surface area is 75.9 Å². The summed E-state index contributed by atoms with van der Waals surface area (Å²) in [5.74, 6) is 0. The van der Waals surface area contributed by atoms with Crippen molar-refractivity contribution >= 4 is 0 Å². The molecule has 2 nitrogen and oxygen atoms in total. The summed E-state index contributed by atoms with van der Waals surface area (Å²) in [6, 6.07) is 0.669. The maximum atomic E-state index is 5.37. The summed E-state index contributed by atoms with van der Waals surface area (Å²) >= 11 is 0. The van der Waals surface area contributed by atoms with Crippen LogP contribution >= 0.6 is 0 Å². The predicted molar refractivity (Wildman–Crippen MR) is 51.3 cm³/mol. The fourth-order valence-corrected chi connectivity index (χ4v) is 2.14. The third-order valence-corrected chi connectivity index (χ3v) is 2.84. The molecule has 2 unspecified atom stereocenters. The Balaban J connectivity index is 2.58. The molecule has 2 heteroatoms. The van der Waals surface area contributed by atoms with Gasteiger partial charge in [0.25, 0.3) is 0 Å². The normalized spacial score (nSPS) is 32.8. The number of nitrogens with zero attached hydrogens (tertiary/aromatic N) is 1. The highest BCUT2D eigenvalue weighted by molar-refractivity contribution is 4.91. The molecule has 0 radical (unpaired) electrons. The summed E-state index contributed by atoms with van der Waals surface area (Å²) in [5, 5.41) is 0. The highest BCUT2D eigenvalue weighted by Crippen LogP contribution is 2.32. The van der Waals surface area contributed by atoms with E-state index in [4.69, 9.17) is 4.74 Å². The summed E-state index contributed by atoms with van der Waals surface area (Å²) in [5.41, 5.74) is 0.377. The molecule has 0 aromatic heterocycles. The average molecular weight is 171 g/mol. The Morgan fingerprint density at radius 3 is 2.17 bits per heavy atom. The summed E-state index contributed by atoms with van der Waals surface area (Å²) in [7, 11) is 4.00. The van der Waals surface area contributed by atoms with Crippen molar-refractivity contribution in [3.05, 3.63) is 0 Å². The zero-order chi connectivity index (χ0) is 9.35. The van der Waals surface area contributed by atoms with E-state index >= 15 is 0 Å². The molecule has 0 aromatic rings. The van der Waals surface area contributed by atoms with Gasteiger partial charge in [0.1, 0.15) is 0 Å². The van der Waals surface area contributed by atoms with Crippen LogP contribution < -0.4 is 0 Å². The molecule has 1 aliphatic heterocycles. The maximum Gasteiger partial charge on any atom is 0.0713 e. The lowest BCUT2D eigenvalue weighted by Gasteiger charge is -2.32. The van der Waals surface area contributed by atoms with Gasteiger partial charge in [-0.3, -0.25) is 0 Å². The second-order valence-electron chi connectivity index (χ2n) is 4.91. The first-order chi connectivity index (χ1) is 5.45. The van der Waals surface area contributed by atoms with Crippen LogP contribution in [0.5, 0.6) is 0 Å². The average Bonchev–Trinajstić information content (AvgIpc) is 2.29. The Morgan fingerprint density at radius 1 is 1.33 bits per heavy atom. The molecule has 0 bridgehead atoms. The van der Waals surface area contributed by atoms with Gasteiger partial charge in [0.15, 0.2) is 0 Å². The van der Waals surface area contributed by atoms with Crippen molar-refractivity contribution in [2.24, 2.45) is 5.41 Å². The smallest absolute Gasteiger partial charge is 0.0713 e. The third-order valence-electron chi connectivity index (χ3n) is 2.84. The molecule has 0 saturated carbocycles. The lowest BCUT2D eigenvalue weighted by atomic mass is 9.85. The van der Waals surface area contributed by atoms with Crippen LogP contribution in [0.2, 0.25) is 0 Å². The first-order valence-corrected chi connectivity index (χ1v) is 4.68. The largest absolute Gasteiger partial charge is 0.380 e. The number of likely N-dealkylation sites (tertiary alicyclic amines) is 1. The van der Waals surface area contributed by atoms with Crippen molar-refractivity contribution in [3.63, 3.8) is 0 Å². The van der Waals surface area contributed by atoms with Gasteiger partial charge in [-0.25, -0.2) is 0 Å². The van der Waals surface area contributed by atoms with Gasteiger partial charge in [0, 0.05) is 19.7 Å². The van der Waals surface area contributed by atoms with Crippen molar-refractivity contribution in [3.8, 4) is 0 Å². The van der Waals surface area contributed by atoms with Crippen LogP contribution in [0.25, 0.3) is 0 Å². The third kappa shape index (κ3) is 1.99. The number of methoxy groups -OCH3 is 1. The summed E-state index contributed by atoms with van der Waals surface area (Å²) in [6.45, 7) is 7.98. The van der Waals surface area contributed by atoms with Crippen LogP contribution in [0, 0.1) is 5.41 Å². The number of likely N-dealkylation sites (N-methyl/N-ethyl adjacent to an activating group) is 1. The molecule has 72 valence electrons. The van der Waals surface area contributed by atoms with Gasteiger partial charge < -0.3 is 9.64 Å². The molecule has 0 spiro atoms. The predicted octanol–water partition coefficient (Wildman–Crippen LogP) is 1.75. The van der Waals surface area contributed by atoms with Crippen molar-refractivity contribution in [2.75, 3.05) is 20.7 Å². The van der Waals surface area contributed by atoms with E-state index in [0.29, 0.717) is 17.6 Å². The number of rotatable bonds is 1. The van der Waals surface area contributed by atoms with E-state index in [-0.39, 0.29) is 0 Å². The zero-order valence-electron chi connectivity index (χ0n) is 8.92. The van der Waals surface area contributed by atoms with Crippen LogP contribution in [-0.2, 0) is 4.74 Å². The van der Waals surface area contributed by atoms with Crippen molar-refractivity contribution in [1.29, 1.82) is 0 Å². The Bertz CT molecular complexity index is 150. The van der Waals surface area contributed by atoms with Gasteiger partial charge in [0.05, 0.1) is 6.10 Å². The highest BCUT2D eigenvalue weighted by Gasteiger charge is 2.36. The topological polar surface area (TPSA) is 12.5 Å². The minimum Gasteiger partial charge on any atom is -0.380 e. The fraction of sp³-hybridized carbons (Fsp3) is 1.00. The fourth-order valence-electron chi connectivity index (χ4n) is 2.14. The van der Waals surface area contributed by atoms with Gasteiger partial charge in [-0.15, -0.1) is 0 Å². The molecular formula is C10H21NO. The highest BCUT2D eigenvalue weighted by atomic mass is 16.5. The van der Waals surface area contributed by atoms with E-state index in [1.807, 2.05) is 7.11 Å². The van der Waals surface area contributed by atoms with Gasteiger partial charge in [-0.1, -0.05) is 20.8 Å². The van der Waals surface area contributed by atoms with E-state index in [1.54, 1.807) is 0 Å². The molecule has 1 heterocycles. The van der Waals surface area contributed by atoms with Crippen LogP contribution in [0.3, 0.4) is 0 Å². The van der Waals surface area contributed by atoms with Crippen LogP contribution in [0.1, 0.15) is 27.2 Å². The van der Waals surface area contributed by atoms with E-state index in [9.17, 15) is 0 Å². The summed E-state index contributed by atoms with van der Waals surface area (Å²) in [4.78, 5) is 2.41. The monoisotopic (exact) mass is 171 g/mol. The Morgan fingerprint density at radius 2 is 1.92 bits per heavy atom. The molecule has 0 aromatic carbocycles. The minimum atomic E-state index is 0.377. The van der Waals surface area contributed by atoms with Crippen molar-refractivity contribution in [2.45, 2.75) is 39.3 Å². The summed E-state index contributed by atoms with van der Waals surface area (Å²) in [6.07, 6.45) is 1.62. The van der Waals surface area contributed by atoms with Gasteiger partial charge in [0.2, 0.25) is 0 Å². The second kappa shape index (κ2) is 3.35. The number of hydrogen-bond acceptors (Lipinski definition) is 2. The molecular weight excluding hydrogens is 150 g/mol. The van der Waals surface area contributed by atoms with Crippen molar-refractivity contribution in [1.82, 2.24) is 4.90 Å². The maximum absolute atomic E-state index is 5.37. The molecule has 2 atom stereocenters. The molecule has 0 aliphatic carbocycles. The van der Waals surface area contributed by atoms with Gasteiger partial charge in [-0.2, -0.15) is 0 Å². The van der Waals surface area contributed by atoms with Gasteiger partial charge >= 0.3 is 0 Å². The standard InChI is InChI=1S/C10H21NO/c1-10(2,3)9-6-8(12-5)7-11(9)4/h8-9H,6-7H2,1-5H3. The molecule has 1 rings (SSSR count). The minimum absolute atomic E-state index is 0.377. The molecule has 1 aliphatic rings. The Hall–Kier alpha value is -0.0800. The molecule has 1 fully saturated rings. The van der Waals surface area contributed by atoms with Crippen LogP contribution in [0.4, 0.5) is 0 Å². The molecule has 12 heavy (non-hydrogen) atoms. The quantitative estimate of drug-likeness (QED) is 0.596. The van der Waals surface area contributed by atoms with Crippen LogP contribution in [0.15, 0.2) is 0 Å². The van der Waals surface area contributed by atoms with E-state index in [2.05, 4.69) is 32.7 Å². The summed E-state index contributed by atoms with van der Waals surface area (Å²) < 4.78 is 5.37. The Kier molecular flexibility index (Phi) is 2.79. The zero-order valence-corrected chi connectivity index (χ0v) is 8.92. The molecule has 0 N–H and O–H groups in total. The molecule has 1 saturated heterocycles. The van der Waals surface area contributed by atoms with Crippen LogP contribution in [-0.4, -0.2) is 37.7 Å². The number of ether oxygens (including phenoxy) is 1. The second-order valence-corrected chi connectivity index (χ2v) is 4.91. The lowest BCUT2D eigenvalue weighted by Crippen LogP contribution is -2.36. The SMILES string of the molecule is COC1CC(C(C)(C)C)N(C)C1. The van der Waals surface area contributed by atoms with E-state index in [1.165, 1.54) is 6.42 Å². The van der Waals surface area contributed by atoms with Gasteiger partial charge in [-0.05, 0) is 18.9 Å². The molecule has 0 amide bonds. The lowest BCUT2D eigenvalue weighted by molar-refractivity contribution is 0.110. The first kappa shape index (κ1) is 10.0. The first-order valence-electron chi connectivity index (χ1n) is 4.68. The van der Waals surface area contributed by atoms with E-state index < -0.39 is 0 Å².